The van der Waals surface area contributed by atoms with Crippen LogP contribution in [0.3, 0.4) is 0 Å². The van der Waals surface area contributed by atoms with Gasteiger partial charge in [0.25, 0.3) is 5.91 Å². The number of aromatic amines is 1. The summed E-state index contributed by atoms with van der Waals surface area (Å²) in [6.45, 7) is 6.28. The van der Waals surface area contributed by atoms with Gasteiger partial charge in [-0.3, -0.25) is 14.8 Å². The molecule has 30 heavy (non-hydrogen) atoms. The second-order valence-corrected chi connectivity index (χ2v) is 7.79. The Morgan fingerprint density at radius 1 is 1.20 bits per heavy atom. The van der Waals surface area contributed by atoms with E-state index in [1.165, 1.54) is 0 Å². The number of pyridine rings is 2. The van der Waals surface area contributed by atoms with Crippen molar-refractivity contribution in [3.63, 3.8) is 0 Å². The van der Waals surface area contributed by atoms with Gasteiger partial charge in [0, 0.05) is 49.6 Å². The van der Waals surface area contributed by atoms with Gasteiger partial charge in [-0.05, 0) is 62.8 Å². The molecular weight excluding hydrogens is 378 g/mol. The molecule has 1 amide bonds. The summed E-state index contributed by atoms with van der Waals surface area (Å²) >= 11 is 0. The number of hydrogen-bond donors (Lipinski definition) is 2. The SMILES string of the molecule is Cc1nc(-c2cc(-c3cncc(C(=O)NCCC4CCOCC4)c3)ccn2)[nH]c1C. The molecule has 4 heterocycles. The molecule has 0 aliphatic carbocycles. The maximum Gasteiger partial charge on any atom is 0.252 e. The molecule has 156 valence electrons. The van der Waals surface area contributed by atoms with E-state index >= 15 is 0 Å². The van der Waals surface area contributed by atoms with Crippen LogP contribution in [-0.4, -0.2) is 45.6 Å². The molecule has 0 aromatic carbocycles. The zero-order valence-corrected chi connectivity index (χ0v) is 17.4. The normalized spacial score (nSPS) is 14.6. The molecule has 0 spiro atoms. The third-order valence-electron chi connectivity index (χ3n) is 5.64. The van der Waals surface area contributed by atoms with Crippen LogP contribution in [0.1, 0.15) is 41.0 Å². The molecule has 7 heteroatoms. The maximum absolute atomic E-state index is 12.6. The summed E-state index contributed by atoms with van der Waals surface area (Å²) in [5, 5.41) is 3.02. The second-order valence-electron chi connectivity index (χ2n) is 7.79. The van der Waals surface area contributed by atoms with Crippen LogP contribution >= 0.6 is 0 Å². The van der Waals surface area contributed by atoms with Crippen molar-refractivity contribution in [2.24, 2.45) is 5.92 Å². The van der Waals surface area contributed by atoms with E-state index in [0.717, 1.165) is 66.5 Å². The molecule has 4 rings (SSSR count). The first-order valence-electron chi connectivity index (χ1n) is 10.4. The molecule has 0 unspecified atom stereocenters. The van der Waals surface area contributed by atoms with E-state index in [0.29, 0.717) is 18.0 Å². The van der Waals surface area contributed by atoms with Crippen LogP contribution in [0.5, 0.6) is 0 Å². The molecule has 3 aromatic heterocycles. The first-order valence-corrected chi connectivity index (χ1v) is 10.4. The first-order chi connectivity index (χ1) is 14.6. The third kappa shape index (κ3) is 4.74. The van der Waals surface area contributed by atoms with Gasteiger partial charge in [0.05, 0.1) is 11.3 Å². The number of aromatic nitrogens is 4. The number of nitrogens with zero attached hydrogens (tertiary/aromatic N) is 3. The monoisotopic (exact) mass is 405 g/mol. The number of nitrogens with one attached hydrogen (secondary N) is 2. The maximum atomic E-state index is 12.6. The number of carbonyl (C=O) groups is 1. The summed E-state index contributed by atoms with van der Waals surface area (Å²) in [4.78, 5) is 29.1. The van der Waals surface area contributed by atoms with Gasteiger partial charge >= 0.3 is 0 Å². The van der Waals surface area contributed by atoms with Gasteiger partial charge in [0.15, 0.2) is 5.82 Å². The predicted molar refractivity (Wildman–Crippen MR) is 115 cm³/mol. The number of rotatable bonds is 6. The average Bonchev–Trinajstić information content (AvgIpc) is 3.13. The van der Waals surface area contributed by atoms with E-state index in [-0.39, 0.29) is 5.91 Å². The van der Waals surface area contributed by atoms with Crippen molar-refractivity contribution in [1.82, 2.24) is 25.3 Å². The zero-order chi connectivity index (χ0) is 20.9. The number of ether oxygens (including phenoxy) is 1. The summed E-state index contributed by atoms with van der Waals surface area (Å²) < 4.78 is 5.39. The van der Waals surface area contributed by atoms with Crippen LogP contribution in [0.15, 0.2) is 36.8 Å². The van der Waals surface area contributed by atoms with Gasteiger partial charge in [0.2, 0.25) is 0 Å². The van der Waals surface area contributed by atoms with Crippen molar-refractivity contribution in [2.45, 2.75) is 33.1 Å². The van der Waals surface area contributed by atoms with Crippen molar-refractivity contribution in [2.75, 3.05) is 19.8 Å². The third-order valence-corrected chi connectivity index (χ3v) is 5.64. The molecule has 0 radical (unpaired) electrons. The summed E-state index contributed by atoms with van der Waals surface area (Å²) in [5.74, 6) is 1.28. The molecule has 1 saturated heterocycles. The highest BCUT2D eigenvalue weighted by Gasteiger charge is 2.15. The Balaban J connectivity index is 1.45. The van der Waals surface area contributed by atoms with Gasteiger partial charge in [0.1, 0.15) is 5.69 Å². The Labute approximate surface area is 176 Å². The highest BCUT2D eigenvalue weighted by Crippen LogP contribution is 2.24. The second kappa shape index (κ2) is 9.17. The smallest absolute Gasteiger partial charge is 0.252 e. The van der Waals surface area contributed by atoms with Gasteiger partial charge in [-0.1, -0.05) is 0 Å². The molecule has 1 aliphatic heterocycles. The minimum atomic E-state index is -0.0945. The van der Waals surface area contributed by atoms with Crippen molar-refractivity contribution in [3.8, 4) is 22.6 Å². The Morgan fingerprint density at radius 2 is 2.03 bits per heavy atom. The van der Waals surface area contributed by atoms with E-state index in [1.807, 2.05) is 32.0 Å². The molecular formula is C23H27N5O2. The lowest BCUT2D eigenvalue weighted by Gasteiger charge is -2.21. The topological polar surface area (TPSA) is 92.8 Å². The van der Waals surface area contributed by atoms with E-state index in [4.69, 9.17) is 4.74 Å². The lowest BCUT2D eigenvalue weighted by molar-refractivity contribution is 0.0636. The van der Waals surface area contributed by atoms with Crippen molar-refractivity contribution in [3.05, 3.63) is 53.7 Å². The number of aryl methyl sites for hydroxylation is 2. The number of carbonyl (C=O) groups excluding carboxylic acids is 1. The quantitative estimate of drug-likeness (QED) is 0.652. The standard InChI is InChI=1S/C23H27N5O2/c1-15-16(2)28-22(27-15)21-12-18(4-8-25-21)19-11-20(14-24-13-19)23(29)26-7-3-17-5-9-30-10-6-17/h4,8,11-14,17H,3,5-7,9-10H2,1-2H3,(H,26,29)(H,27,28). The van der Waals surface area contributed by atoms with E-state index in [2.05, 4.69) is 25.3 Å². The summed E-state index contributed by atoms with van der Waals surface area (Å²) in [5.41, 5.74) is 5.11. The van der Waals surface area contributed by atoms with Crippen LogP contribution in [0, 0.1) is 19.8 Å². The van der Waals surface area contributed by atoms with Gasteiger partial charge in [-0.25, -0.2) is 4.98 Å². The van der Waals surface area contributed by atoms with Crippen LogP contribution in [-0.2, 0) is 4.74 Å². The molecule has 1 fully saturated rings. The van der Waals surface area contributed by atoms with Gasteiger partial charge in [-0.15, -0.1) is 0 Å². The summed E-state index contributed by atoms with van der Waals surface area (Å²) in [6.07, 6.45) is 8.25. The van der Waals surface area contributed by atoms with E-state index in [9.17, 15) is 4.79 Å². The minimum Gasteiger partial charge on any atom is -0.381 e. The Kier molecular flexibility index (Phi) is 6.18. The Bertz CT molecular complexity index is 1000. The highest BCUT2D eigenvalue weighted by molar-refractivity contribution is 5.95. The first kappa shape index (κ1) is 20.2. The molecule has 1 aliphatic rings. The lowest BCUT2D eigenvalue weighted by atomic mass is 9.96. The number of hydrogen-bond acceptors (Lipinski definition) is 5. The Hall–Kier alpha value is -3.06. The predicted octanol–water partition coefficient (Wildman–Crippen LogP) is 3.70. The molecule has 0 atom stereocenters. The molecule has 0 bridgehead atoms. The average molecular weight is 406 g/mol. The van der Waals surface area contributed by atoms with E-state index in [1.54, 1.807) is 18.6 Å². The fourth-order valence-corrected chi connectivity index (χ4v) is 3.66. The Morgan fingerprint density at radius 3 is 2.80 bits per heavy atom. The minimum absolute atomic E-state index is 0.0945. The van der Waals surface area contributed by atoms with Crippen LogP contribution in [0.4, 0.5) is 0 Å². The van der Waals surface area contributed by atoms with Crippen LogP contribution in [0.25, 0.3) is 22.6 Å². The van der Waals surface area contributed by atoms with Crippen molar-refractivity contribution >= 4 is 5.91 Å². The number of imidazole rings is 1. The molecule has 0 saturated carbocycles. The number of H-pyrrole nitrogens is 1. The van der Waals surface area contributed by atoms with Crippen LogP contribution < -0.4 is 5.32 Å². The highest BCUT2D eigenvalue weighted by atomic mass is 16.5. The fraction of sp³-hybridized carbons (Fsp3) is 0.391. The van der Waals surface area contributed by atoms with Crippen LogP contribution in [0.2, 0.25) is 0 Å². The van der Waals surface area contributed by atoms with Crippen molar-refractivity contribution in [1.29, 1.82) is 0 Å². The number of amides is 1. The fourth-order valence-electron chi connectivity index (χ4n) is 3.66. The summed E-state index contributed by atoms with van der Waals surface area (Å²) in [7, 11) is 0. The molecule has 2 N–H and O–H groups in total. The largest absolute Gasteiger partial charge is 0.381 e. The van der Waals surface area contributed by atoms with Gasteiger partial charge in [-0.2, -0.15) is 0 Å². The van der Waals surface area contributed by atoms with Gasteiger partial charge < -0.3 is 15.0 Å². The van der Waals surface area contributed by atoms with Crippen molar-refractivity contribution < 1.29 is 9.53 Å². The van der Waals surface area contributed by atoms with E-state index < -0.39 is 0 Å². The summed E-state index contributed by atoms with van der Waals surface area (Å²) in [6, 6.07) is 5.74. The molecule has 3 aromatic rings. The lowest BCUT2D eigenvalue weighted by Crippen LogP contribution is -2.27. The zero-order valence-electron chi connectivity index (χ0n) is 17.4. The molecule has 7 nitrogen and oxygen atoms in total.